The molecule has 2 heterocycles. The summed E-state index contributed by atoms with van der Waals surface area (Å²) in [5.74, 6) is -2.61. The van der Waals surface area contributed by atoms with Crippen LogP contribution in [0.2, 0.25) is 0 Å². The van der Waals surface area contributed by atoms with Crippen LogP contribution in [-0.4, -0.2) is 57.2 Å². The highest BCUT2D eigenvalue weighted by Gasteiger charge is 2.38. The van der Waals surface area contributed by atoms with Crippen LogP contribution in [0.5, 0.6) is 0 Å². The van der Waals surface area contributed by atoms with Gasteiger partial charge in [0.15, 0.2) is 5.82 Å². The summed E-state index contributed by atoms with van der Waals surface area (Å²) in [7, 11) is 0. The van der Waals surface area contributed by atoms with E-state index in [0.717, 1.165) is 48.7 Å². The van der Waals surface area contributed by atoms with Crippen LogP contribution < -0.4 is 5.32 Å². The average Bonchev–Trinajstić information content (AvgIpc) is 3.09. The number of para-hydroxylation sites is 2. The number of nitrogens with one attached hydrogen (secondary N) is 2. The van der Waals surface area contributed by atoms with Crippen LogP contribution in [0.3, 0.4) is 0 Å². The third-order valence-corrected chi connectivity index (χ3v) is 6.24. The Labute approximate surface area is 194 Å². The van der Waals surface area contributed by atoms with Crippen molar-refractivity contribution in [3.8, 4) is 0 Å². The first-order valence-electron chi connectivity index (χ1n) is 11.1. The van der Waals surface area contributed by atoms with Crippen molar-refractivity contribution in [2.75, 3.05) is 18.4 Å². The molecular formula is C24H25F3N4O3. The summed E-state index contributed by atoms with van der Waals surface area (Å²) in [6.07, 6.45) is 1.17. The molecule has 0 unspecified atom stereocenters. The van der Waals surface area contributed by atoms with Crippen molar-refractivity contribution >= 4 is 28.6 Å². The number of carboxylic acid groups (broad SMARTS) is 1. The minimum absolute atomic E-state index is 0.198. The summed E-state index contributed by atoms with van der Waals surface area (Å²) in [5, 5.41) is 10.1. The molecule has 1 aliphatic carbocycles. The second-order valence-electron chi connectivity index (χ2n) is 8.46. The normalized spacial score (nSPS) is 16.6. The molecule has 180 valence electrons. The van der Waals surface area contributed by atoms with E-state index in [2.05, 4.69) is 32.3 Å². The first-order chi connectivity index (χ1) is 16.2. The van der Waals surface area contributed by atoms with E-state index in [-0.39, 0.29) is 5.91 Å². The number of H-pyrrole nitrogens is 1. The zero-order chi connectivity index (χ0) is 24.3. The summed E-state index contributed by atoms with van der Waals surface area (Å²) < 4.78 is 31.7. The summed E-state index contributed by atoms with van der Waals surface area (Å²) in [6, 6.07) is 14.8. The standard InChI is InChI=1S/C22H24N4O.C2HF3O2/c27-22(21-24-19-6-1-2-7-20(19)25-21)23-17-9-8-15-10-12-26(18-4-3-5-18)13-11-16(15)14-17;3-2(4,5)1(6)7/h1-2,6-9,14,18H,3-5,10-13H2,(H,23,27)(H,24,25);(H,6,7). The van der Waals surface area contributed by atoms with Crippen molar-refractivity contribution in [3.05, 3.63) is 59.4 Å². The van der Waals surface area contributed by atoms with Crippen LogP contribution in [0.1, 0.15) is 41.0 Å². The van der Waals surface area contributed by atoms with Gasteiger partial charge in [-0.2, -0.15) is 13.2 Å². The zero-order valence-corrected chi connectivity index (χ0v) is 18.4. The lowest BCUT2D eigenvalue weighted by molar-refractivity contribution is -0.192. The van der Waals surface area contributed by atoms with Crippen LogP contribution in [0.15, 0.2) is 42.5 Å². The SMILES string of the molecule is O=C(Nc1ccc2c(c1)CCN(C1CCC1)CC2)c1nc2ccccc2[nH]1.O=C(O)C(F)(F)F. The molecule has 1 aromatic heterocycles. The maximum absolute atomic E-state index is 12.6. The van der Waals surface area contributed by atoms with Crippen LogP contribution in [-0.2, 0) is 17.6 Å². The number of aliphatic carboxylic acids is 1. The highest BCUT2D eigenvalue weighted by molar-refractivity contribution is 6.03. The van der Waals surface area contributed by atoms with E-state index in [4.69, 9.17) is 9.90 Å². The van der Waals surface area contributed by atoms with Gasteiger partial charge >= 0.3 is 12.1 Å². The van der Waals surface area contributed by atoms with Crippen molar-refractivity contribution in [2.45, 2.75) is 44.3 Å². The maximum atomic E-state index is 12.6. The molecule has 0 bridgehead atoms. The second-order valence-corrected chi connectivity index (χ2v) is 8.46. The van der Waals surface area contributed by atoms with E-state index < -0.39 is 12.1 Å². The van der Waals surface area contributed by atoms with Gasteiger partial charge in [0.1, 0.15) is 0 Å². The zero-order valence-electron chi connectivity index (χ0n) is 18.4. The number of nitrogens with zero attached hydrogens (tertiary/aromatic N) is 2. The van der Waals surface area contributed by atoms with E-state index in [1.807, 2.05) is 30.3 Å². The fraction of sp³-hybridized carbons (Fsp3) is 0.375. The Morgan fingerprint density at radius 3 is 2.35 bits per heavy atom. The Balaban J connectivity index is 0.000000344. The van der Waals surface area contributed by atoms with Gasteiger partial charge in [0.05, 0.1) is 11.0 Å². The van der Waals surface area contributed by atoms with Crippen LogP contribution in [0.4, 0.5) is 18.9 Å². The molecule has 2 aliphatic rings. The van der Waals surface area contributed by atoms with Gasteiger partial charge in [-0.1, -0.05) is 24.6 Å². The number of fused-ring (bicyclic) bond motifs is 2. The quantitative estimate of drug-likeness (QED) is 0.523. The van der Waals surface area contributed by atoms with Gasteiger partial charge in [0, 0.05) is 24.8 Å². The number of imidazole rings is 1. The maximum Gasteiger partial charge on any atom is 0.490 e. The minimum atomic E-state index is -5.08. The van der Waals surface area contributed by atoms with Crippen molar-refractivity contribution in [1.29, 1.82) is 0 Å². The molecule has 7 nitrogen and oxygen atoms in total. The Hall–Kier alpha value is -3.40. The summed E-state index contributed by atoms with van der Waals surface area (Å²) >= 11 is 0. The molecule has 0 spiro atoms. The second kappa shape index (κ2) is 9.84. The van der Waals surface area contributed by atoms with E-state index in [1.54, 1.807) is 0 Å². The number of benzene rings is 2. The molecule has 0 atom stereocenters. The Morgan fingerprint density at radius 1 is 1.06 bits per heavy atom. The summed E-state index contributed by atoms with van der Waals surface area (Å²) in [5.41, 5.74) is 5.30. The number of amides is 1. The lowest BCUT2D eigenvalue weighted by Crippen LogP contribution is -2.41. The molecular weight excluding hydrogens is 449 g/mol. The van der Waals surface area contributed by atoms with Gasteiger partial charge in [-0.25, -0.2) is 9.78 Å². The topological polar surface area (TPSA) is 98.3 Å². The number of anilines is 1. The van der Waals surface area contributed by atoms with Gasteiger partial charge in [-0.05, 0) is 61.1 Å². The van der Waals surface area contributed by atoms with E-state index in [1.165, 1.54) is 30.4 Å². The van der Waals surface area contributed by atoms with Crippen LogP contribution in [0.25, 0.3) is 11.0 Å². The first-order valence-corrected chi connectivity index (χ1v) is 11.1. The third-order valence-electron chi connectivity index (χ3n) is 6.24. The fourth-order valence-electron chi connectivity index (χ4n) is 4.19. The number of hydrogen-bond acceptors (Lipinski definition) is 4. The van der Waals surface area contributed by atoms with Crippen molar-refractivity contribution in [2.24, 2.45) is 0 Å². The van der Waals surface area contributed by atoms with Gasteiger partial charge < -0.3 is 15.4 Å². The number of halogens is 3. The van der Waals surface area contributed by atoms with Crippen molar-refractivity contribution in [1.82, 2.24) is 14.9 Å². The molecule has 3 aromatic rings. The van der Waals surface area contributed by atoms with Gasteiger partial charge in [-0.3, -0.25) is 9.69 Å². The predicted molar refractivity (Wildman–Crippen MR) is 121 cm³/mol. The lowest BCUT2D eigenvalue weighted by Gasteiger charge is -2.36. The number of hydrogen-bond donors (Lipinski definition) is 3. The molecule has 0 radical (unpaired) electrons. The number of carboxylic acids is 1. The predicted octanol–water partition coefficient (Wildman–Crippen LogP) is 4.40. The van der Waals surface area contributed by atoms with Gasteiger partial charge in [0.2, 0.25) is 0 Å². The molecule has 10 heteroatoms. The first kappa shape index (κ1) is 23.7. The smallest absolute Gasteiger partial charge is 0.475 e. The minimum Gasteiger partial charge on any atom is -0.475 e. The number of carbonyl (C=O) groups is 2. The molecule has 1 aliphatic heterocycles. The third kappa shape index (κ3) is 5.56. The fourth-order valence-corrected chi connectivity index (χ4v) is 4.19. The van der Waals surface area contributed by atoms with Crippen molar-refractivity contribution in [3.63, 3.8) is 0 Å². The monoisotopic (exact) mass is 474 g/mol. The molecule has 5 rings (SSSR count). The molecule has 1 amide bonds. The number of aromatic nitrogens is 2. The molecule has 34 heavy (non-hydrogen) atoms. The van der Waals surface area contributed by atoms with Gasteiger partial charge in [-0.15, -0.1) is 0 Å². The van der Waals surface area contributed by atoms with E-state index >= 15 is 0 Å². The highest BCUT2D eigenvalue weighted by Crippen LogP contribution is 2.28. The number of alkyl halides is 3. The molecule has 1 fully saturated rings. The summed E-state index contributed by atoms with van der Waals surface area (Å²) in [6.45, 7) is 2.28. The average molecular weight is 474 g/mol. The molecule has 2 aromatic carbocycles. The Kier molecular flexibility index (Phi) is 6.87. The van der Waals surface area contributed by atoms with E-state index in [0.29, 0.717) is 5.82 Å². The lowest BCUT2D eigenvalue weighted by atomic mass is 9.91. The Morgan fingerprint density at radius 2 is 1.74 bits per heavy atom. The van der Waals surface area contributed by atoms with E-state index in [9.17, 15) is 18.0 Å². The molecule has 0 saturated heterocycles. The van der Waals surface area contributed by atoms with Crippen LogP contribution in [0, 0.1) is 0 Å². The largest absolute Gasteiger partial charge is 0.490 e. The highest BCUT2D eigenvalue weighted by atomic mass is 19.4. The number of carbonyl (C=O) groups excluding carboxylic acids is 1. The molecule has 1 saturated carbocycles. The van der Waals surface area contributed by atoms with Crippen molar-refractivity contribution < 1.29 is 27.9 Å². The van der Waals surface area contributed by atoms with Gasteiger partial charge in [0.25, 0.3) is 5.91 Å². The Bertz CT molecular complexity index is 1150. The number of rotatable bonds is 3. The summed E-state index contributed by atoms with van der Waals surface area (Å²) in [4.78, 5) is 31.6. The molecule has 3 N–H and O–H groups in total. The number of aromatic amines is 1. The van der Waals surface area contributed by atoms with Crippen LogP contribution >= 0.6 is 0 Å².